The van der Waals surface area contributed by atoms with Crippen molar-refractivity contribution in [3.63, 3.8) is 0 Å². The molecule has 0 saturated heterocycles. The summed E-state index contributed by atoms with van der Waals surface area (Å²) in [7, 11) is 4.98. The highest BCUT2D eigenvalue weighted by molar-refractivity contribution is 5.46. The summed E-state index contributed by atoms with van der Waals surface area (Å²) in [5.41, 5.74) is 1.03. The summed E-state index contributed by atoms with van der Waals surface area (Å²) in [6.45, 7) is 7.88. The second kappa shape index (κ2) is 12.9. The van der Waals surface area contributed by atoms with Crippen LogP contribution in [0.1, 0.15) is 25.8 Å². The average Bonchev–Trinajstić information content (AvgIpc) is 2.61. The van der Waals surface area contributed by atoms with Gasteiger partial charge in [-0.2, -0.15) is 0 Å². The SMILES string of the molecule is COCCCN(Cc1cccc(OC)c1OC)C[C@@H](O)COCC(C)C. The summed E-state index contributed by atoms with van der Waals surface area (Å²) in [4.78, 5) is 2.19. The van der Waals surface area contributed by atoms with Crippen molar-refractivity contribution in [2.75, 3.05) is 54.2 Å². The molecule has 26 heavy (non-hydrogen) atoms. The lowest BCUT2D eigenvalue weighted by atomic mass is 10.1. The van der Waals surface area contributed by atoms with Gasteiger partial charge >= 0.3 is 0 Å². The highest BCUT2D eigenvalue weighted by atomic mass is 16.5. The van der Waals surface area contributed by atoms with Crippen LogP contribution in [0.4, 0.5) is 0 Å². The Morgan fingerprint density at radius 3 is 2.46 bits per heavy atom. The van der Waals surface area contributed by atoms with Crippen molar-refractivity contribution in [2.24, 2.45) is 5.92 Å². The minimum Gasteiger partial charge on any atom is -0.493 e. The number of aliphatic hydroxyl groups is 1. The lowest BCUT2D eigenvalue weighted by Gasteiger charge is -2.26. The quantitative estimate of drug-likeness (QED) is 0.509. The summed E-state index contributed by atoms with van der Waals surface area (Å²) in [5.74, 6) is 1.90. The van der Waals surface area contributed by atoms with Gasteiger partial charge in [-0.3, -0.25) is 4.90 Å². The Hall–Kier alpha value is -1.34. The molecule has 6 nitrogen and oxygen atoms in total. The summed E-state index contributed by atoms with van der Waals surface area (Å²) in [6.07, 6.45) is 0.357. The van der Waals surface area contributed by atoms with Crippen LogP contribution in [0.5, 0.6) is 11.5 Å². The molecule has 0 spiro atoms. The Morgan fingerprint density at radius 1 is 1.08 bits per heavy atom. The number of para-hydroxylation sites is 1. The number of hydrogen-bond acceptors (Lipinski definition) is 6. The topological polar surface area (TPSA) is 60.4 Å². The lowest BCUT2D eigenvalue weighted by molar-refractivity contribution is 0.00570. The Labute approximate surface area is 158 Å². The molecule has 1 atom stereocenters. The maximum Gasteiger partial charge on any atom is 0.165 e. The first-order valence-corrected chi connectivity index (χ1v) is 9.18. The van der Waals surface area contributed by atoms with Crippen LogP contribution < -0.4 is 9.47 Å². The Balaban J connectivity index is 2.73. The van der Waals surface area contributed by atoms with Crippen LogP contribution in [0.3, 0.4) is 0 Å². The predicted octanol–water partition coefficient (Wildman–Crippen LogP) is 2.58. The van der Waals surface area contributed by atoms with Crippen molar-refractivity contribution in [1.29, 1.82) is 0 Å². The van der Waals surface area contributed by atoms with Crippen molar-refractivity contribution in [3.05, 3.63) is 23.8 Å². The zero-order valence-electron chi connectivity index (χ0n) is 16.9. The summed E-state index contributed by atoms with van der Waals surface area (Å²) < 4.78 is 21.6. The van der Waals surface area contributed by atoms with Gasteiger partial charge < -0.3 is 24.1 Å². The molecule has 6 heteroatoms. The molecule has 1 aromatic rings. The van der Waals surface area contributed by atoms with E-state index < -0.39 is 6.10 Å². The number of nitrogens with zero attached hydrogens (tertiary/aromatic N) is 1. The molecule has 150 valence electrons. The van der Waals surface area contributed by atoms with E-state index in [1.165, 1.54) is 0 Å². The van der Waals surface area contributed by atoms with E-state index in [0.29, 0.717) is 44.6 Å². The highest BCUT2D eigenvalue weighted by Gasteiger charge is 2.16. The van der Waals surface area contributed by atoms with E-state index in [1.807, 2.05) is 18.2 Å². The standard InChI is InChI=1S/C20H35NO5/c1-16(2)14-26-15-18(22)13-21(10-7-11-23-3)12-17-8-6-9-19(24-4)20(17)25-5/h6,8-9,16,18,22H,7,10-15H2,1-5H3/t18-/m1/s1. The van der Waals surface area contributed by atoms with E-state index in [4.69, 9.17) is 18.9 Å². The molecule has 0 unspecified atom stereocenters. The van der Waals surface area contributed by atoms with Crippen LogP contribution in [0.2, 0.25) is 0 Å². The lowest BCUT2D eigenvalue weighted by Crippen LogP contribution is -2.36. The fourth-order valence-electron chi connectivity index (χ4n) is 2.78. The van der Waals surface area contributed by atoms with Crippen molar-refractivity contribution < 1.29 is 24.1 Å². The van der Waals surface area contributed by atoms with E-state index in [2.05, 4.69) is 18.7 Å². The molecule has 0 radical (unpaired) electrons. The summed E-state index contributed by atoms with van der Waals surface area (Å²) >= 11 is 0. The Kier molecular flexibility index (Phi) is 11.3. The van der Waals surface area contributed by atoms with Crippen LogP contribution in [0, 0.1) is 5.92 Å². The third-order valence-corrected chi connectivity index (χ3v) is 3.93. The van der Waals surface area contributed by atoms with Gasteiger partial charge in [-0.25, -0.2) is 0 Å². The van der Waals surface area contributed by atoms with Crippen LogP contribution in [0.15, 0.2) is 18.2 Å². The van der Waals surface area contributed by atoms with Gasteiger partial charge in [0.25, 0.3) is 0 Å². The molecule has 0 fully saturated rings. The van der Waals surface area contributed by atoms with Gasteiger partial charge in [-0.15, -0.1) is 0 Å². The maximum absolute atomic E-state index is 10.3. The normalized spacial score (nSPS) is 12.6. The first-order valence-electron chi connectivity index (χ1n) is 9.18. The van der Waals surface area contributed by atoms with E-state index in [0.717, 1.165) is 24.3 Å². The van der Waals surface area contributed by atoms with Crippen LogP contribution in [-0.4, -0.2) is 70.3 Å². The largest absolute Gasteiger partial charge is 0.493 e. The second-order valence-electron chi connectivity index (χ2n) is 6.82. The smallest absolute Gasteiger partial charge is 0.165 e. The molecule has 0 aliphatic carbocycles. The number of benzene rings is 1. The molecule has 0 bridgehead atoms. The number of ether oxygens (including phenoxy) is 4. The third-order valence-electron chi connectivity index (χ3n) is 3.93. The van der Waals surface area contributed by atoms with Gasteiger partial charge in [0, 0.05) is 45.5 Å². The molecule has 0 aliphatic rings. The molecule has 1 aromatic carbocycles. The number of aliphatic hydroxyl groups excluding tert-OH is 1. The number of hydrogen-bond donors (Lipinski definition) is 1. The van der Waals surface area contributed by atoms with E-state index in [-0.39, 0.29) is 0 Å². The molecule has 0 aromatic heterocycles. The van der Waals surface area contributed by atoms with Crippen LogP contribution >= 0.6 is 0 Å². The second-order valence-corrected chi connectivity index (χ2v) is 6.82. The zero-order chi connectivity index (χ0) is 19.4. The van der Waals surface area contributed by atoms with Gasteiger partial charge in [-0.1, -0.05) is 26.0 Å². The van der Waals surface area contributed by atoms with Gasteiger partial charge in [-0.05, 0) is 18.4 Å². The Bertz CT molecular complexity index is 495. The zero-order valence-corrected chi connectivity index (χ0v) is 16.9. The average molecular weight is 370 g/mol. The number of rotatable bonds is 14. The van der Waals surface area contributed by atoms with Crippen molar-refractivity contribution in [3.8, 4) is 11.5 Å². The van der Waals surface area contributed by atoms with Crippen LogP contribution in [-0.2, 0) is 16.0 Å². The molecule has 1 rings (SSSR count). The van der Waals surface area contributed by atoms with Gasteiger partial charge in [0.2, 0.25) is 0 Å². The fraction of sp³-hybridized carbons (Fsp3) is 0.700. The molecule has 1 N–H and O–H groups in total. The van der Waals surface area contributed by atoms with Crippen molar-refractivity contribution in [1.82, 2.24) is 4.90 Å². The van der Waals surface area contributed by atoms with Crippen molar-refractivity contribution in [2.45, 2.75) is 32.9 Å². The van der Waals surface area contributed by atoms with E-state index in [1.54, 1.807) is 21.3 Å². The molecule has 0 amide bonds. The van der Waals surface area contributed by atoms with E-state index in [9.17, 15) is 5.11 Å². The first-order chi connectivity index (χ1) is 12.5. The maximum atomic E-state index is 10.3. The van der Waals surface area contributed by atoms with Gasteiger partial charge in [0.05, 0.1) is 26.9 Å². The summed E-state index contributed by atoms with van der Waals surface area (Å²) in [5, 5.41) is 10.3. The molecular formula is C20H35NO5. The van der Waals surface area contributed by atoms with Gasteiger partial charge in [0.15, 0.2) is 11.5 Å². The molecule has 0 aliphatic heterocycles. The fourth-order valence-corrected chi connectivity index (χ4v) is 2.78. The molecular weight excluding hydrogens is 334 g/mol. The van der Waals surface area contributed by atoms with Crippen molar-refractivity contribution >= 4 is 0 Å². The van der Waals surface area contributed by atoms with E-state index >= 15 is 0 Å². The minimum atomic E-state index is -0.534. The predicted molar refractivity (Wildman–Crippen MR) is 103 cm³/mol. The first kappa shape index (κ1) is 22.7. The minimum absolute atomic E-state index is 0.341. The Morgan fingerprint density at radius 2 is 1.85 bits per heavy atom. The summed E-state index contributed by atoms with van der Waals surface area (Å²) in [6, 6.07) is 5.85. The van der Waals surface area contributed by atoms with Crippen LogP contribution in [0.25, 0.3) is 0 Å². The highest BCUT2D eigenvalue weighted by Crippen LogP contribution is 2.31. The molecule has 0 heterocycles. The monoisotopic (exact) mass is 369 g/mol. The number of methoxy groups -OCH3 is 3. The van der Waals surface area contributed by atoms with Gasteiger partial charge in [0.1, 0.15) is 0 Å². The molecule has 0 saturated carbocycles. The third kappa shape index (κ3) is 8.36.